The molecule has 70 heavy (non-hydrogen) atoms. The summed E-state index contributed by atoms with van der Waals surface area (Å²) in [6.45, 7) is 48.5. The number of alkyl halides is 2. The van der Waals surface area contributed by atoms with Crippen LogP contribution in [0.3, 0.4) is 0 Å². The predicted molar refractivity (Wildman–Crippen MR) is 297 cm³/mol. The van der Waals surface area contributed by atoms with Gasteiger partial charge in [-0.1, -0.05) is 185 Å². The number of nitrogens with one attached hydrogen (secondary N) is 1. The molecule has 1 unspecified atom stereocenters. The van der Waals surface area contributed by atoms with Crippen LogP contribution >= 0.6 is 0 Å². The quantitative estimate of drug-likeness (QED) is 0.0792. The Kier molecular flexibility index (Phi) is 50.3. The Balaban J connectivity index is -0.000000258. The first-order valence-corrected chi connectivity index (χ1v) is 26.4. The van der Waals surface area contributed by atoms with Crippen molar-refractivity contribution in [1.29, 1.82) is 0 Å². The molecule has 0 bridgehead atoms. The van der Waals surface area contributed by atoms with Gasteiger partial charge in [-0.25, -0.2) is 13.8 Å². The van der Waals surface area contributed by atoms with Crippen LogP contribution in [-0.4, -0.2) is 72.3 Å². The van der Waals surface area contributed by atoms with Crippen molar-refractivity contribution < 1.29 is 79.5 Å². The second-order valence-electron chi connectivity index (χ2n) is 19.6. The molecule has 2 aromatic rings. The number of halogens is 2. The topological polar surface area (TPSA) is 95.0 Å². The van der Waals surface area contributed by atoms with Gasteiger partial charge in [0.05, 0.1) is 44.4 Å². The standard InChI is InChI=1S/C19H26N2O3.C9H12N2.C8H14F2.C6H14.C4H9O.C4H8.3C3H8.K/c1-4-5-6-7-8-16-11-17(18(22-3)20-12-16)21-9-10-24-19(15(21)2)13-23-14-19;1-7(2)11-8(3)9-5-4-6-10-9;1-3-7(4-2)5-8(9,10)6-7;1-3-5-6-4-2;1-4(2,3)5;1-4(2)3;3*1-3-2;/h11-12,15H,4-6,9-10,13-14H2,1-3H3;4-6,10H,3H2,1-2H3;3-6H2,1-2H3;3-6H2,1-2H3;1-3H3;1H2,2-3H3;3*3H2,1-2H3;/q;;;;-1;;;;;+1. The Morgan fingerprint density at radius 3 is 1.70 bits per heavy atom. The van der Waals surface area contributed by atoms with Gasteiger partial charge in [0, 0.05) is 49.5 Å². The minimum absolute atomic E-state index is 0. The minimum atomic E-state index is -2.34. The van der Waals surface area contributed by atoms with Gasteiger partial charge >= 0.3 is 51.4 Å². The van der Waals surface area contributed by atoms with Gasteiger partial charge in [0.1, 0.15) is 11.3 Å². The molecule has 1 saturated carbocycles. The molecule has 2 saturated heterocycles. The molecule has 5 rings (SSSR count). The van der Waals surface area contributed by atoms with E-state index in [2.05, 4.69) is 120 Å². The Hall–Kier alpha value is -1.88. The van der Waals surface area contributed by atoms with E-state index in [4.69, 9.17) is 14.2 Å². The maximum atomic E-state index is 12.4. The van der Waals surface area contributed by atoms with Crippen molar-refractivity contribution in [2.45, 2.75) is 245 Å². The zero-order valence-corrected chi connectivity index (χ0v) is 52.5. The molecule has 11 heteroatoms. The number of morpholine rings is 1. The summed E-state index contributed by atoms with van der Waals surface area (Å²) in [7, 11) is 1.66. The number of anilines is 1. The molecule has 0 radical (unpaired) electrons. The average Bonchev–Trinajstić information content (AvgIpc) is 3.80. The van der Waals surface area contributed by atoms with Gasteiger partial charge in [-0.15, -0.1) is 12.2 Å². The van der Waals surface area contributed by atoms with Crippen molar-refractivity contribution >= 4 is 17.1 Å². The van der Waals surface area contributed by atoms with E-state index in [-0.39, 0.29) is 81.3 Å². The van der Waals surface area contributed by atoms with E-state index in [9.17, 15) is 13.9 Å². The fourth-order valence-electron chi connectivity index (χ4n) is 6.34. The summed E-state index contributed by atoms with van der Waals surface area (Å²) >= 11 is 0. The van der Waals surface area contributed by atoms with Crippen molar-refractivity contribution in [3.63, 3.8) is 0 Å². The van der Waals surface area contributed by atoms with Crippen LogP contribution in [0.2, 0.25) is 0 Å². The Labute approximate surface area is 474 Å². The van der Waals surface area contributed by atoms with Gasteiger partial charge in [-0.05, 0) is 64.7 Å². The molecule has 0 aromatic carbocycles. The second kappa shape index (κ2) is 45.7. The summed E-state index contributed by atoms with van der Waals surface area (Å²) in [6.07, 6.45) is 18.2. The number of methoxy groups -OCH3 is 1. The summed E-state index contributed by atoms with van der Waals surface area (Å²) < 4.78 is 41.7. The van der Waals surface area contributed by atoms with E-state index in [1.165, 1.54) is 50.5 Å². The Bertz CT molecular complexity index is 1610. The Morgan fingerprint density at radius 1 is 0.900 bits per heavy atom. The largest absolute Gasteiger partial charge is 1.00 e. The second-order valence-corrected chi connectivity index (χ2v) is 19.6. The minimum Gasteiger partial charge on any atom is -0.850 e. The number of aromatic amines is 1. The fraction of sp³-hybridized carbons (Fsp3) is 0.729. The van der Waals surface area contributed by atoms with Crippen LogP contribution in [0.1, 0.15) is 233 Å². The van der Waals surface area contributed by atoms with Gasteiger partial charge in [-0.2, -0.15) is 0 Å². The van der Waals surface area contributed by atoms with Crippen LogP contribution in [0.4, 0.5) is 14.5 Å². The van der Waals surface area contributed by atoms with Gasteiger partial charge in [0.2, 0.25) is 11.8 Å². The number of hydrogen-bond donors (Lipinski definition) is 1. The number of aromatic nitrogens is 2. The molecule has 1 spiro atoms. The van der Waals surface area contributed by atoms with Crippen LogP contribution in [-0.2, 0) is 9.47 Å². The molecule has 3 fully saturated rings. The zero-order chi connectivity index (χ0) is 54.1. The molecule has 4 heterocycles. The van der Waals surface area contributed by atoms with Crippen LogP contribution in [0, 0.1) is 17.3 Å². The molecule has 402 valence electrons. The Morgan fingerprint density at radius 2 is 1.37 bits per heavy atom. The van der Waals surface area contributed by atoms with Crippen molar-refractivity contribution in [2.75, 3.05) is 38.4 Å². The molecule has 1 atom stereocenters. The van der Waals surface area contributed by atoms with E-state index in [1.807, 2.05) is 59.9 Å². The van der Waals surface area contributed by atoms with Gasteiger partial charge < -0.3 is 29.2 Å². The third kappa shape index (κ3) is 39.6. The summed E-state index contributed by atoms with van der Waals surface area (Å²) in [5.74, 6) is 4.75. The van der Waals surface area contributed by atoms with Gasteiger partial charge in [-0.3, -0.25) is 4.99 Å². The molecule has 3 aliphatic rings. The first-order chi connectivity index (χ1) is 32.3. The van der Waals surface area contributed by atoms with Crippen LogP contribution in [0.25, 0.3) is 5.70 Å². The van der Waals surface area contributed by atoms with E-state index in [0.717, 1.165) is 67.0 Å². The number of unbranched alkanes of at least 4 members (excludes halogenated alkanes) is 5. The number of nitrogens with zero attached hydrogens (tertiary/aromatic N) is 3. The molecule has 2 aliphatic heterocycles. The number of rotatable bonds is 11. The average molecular weight is 1010 g/mol. The molecule has 2 aromatic heterocycles. The van der Waals surface area contributed by atoms with Crippen LogP contribution < -0.4 is 66.1 Å². The van der Waals surface area contributed by atoms with Gasteiger partial charge in [0.15, 0.2) is 0 Å². The summed E-state index contributed by atoms with van der Waals surface area (Å²) in [6, 6.07) is 6.18. The van der Waals surface area contributed by atoms with Crippen molar-refractivity contribution in [3.05, 3.63) is 60.6 Å². The number of pyridine rings is 1. The molecular weight excluding hydrogens is 906 g/mol. The molecular formula is C59H107F2KN4O4. The number of hydrogen-bond acceptors (Lipinski definition) is 7. The monoisotopic (exact) mass is 1010 g/mol. The molecule has 0 amide bonds. The van der Waals surface area contributed by atoms with Gasteiger partial charge in [0.25, 0.3) is 0 Å². The first-order valence-electron chi connectivity index (χ1n) is 26.4. The van der Waals surface area contributed by atoms with Crippen molar-refractivity contribution in [3.8, 4) is 17.7 Å². The summed E-state index contributed by atoms with van der Waals surface area (Å²) in [4.78, 5) is 14.0. The third-order valence-electron chi connectivity index (χ3n) is 9.86. The van der Waals surface area contributed by atoms with E-state index in [1.54, 1.807) is 34.1 Å². The number of H-pyrrole nitrogens is 1. The predicted octanol–water partition coefficient (Wildman–Crippen LogP) is 13.9. The smallest absolute Gasteiger partial charge is 0.850 e. The molecule has 8 nitrogen and oxygen atoms in total. The maximum Gasteiger partial charge on any atom is 1.00 e. The number of ether oxygens (including phenoxy) is 3. The SMILES string of the molecule is C=C(C)C.C=C(N=C(C)C)c1ccc[nH]1.CC(C)(C)[O-].CCC.CCC.CCC.CCC1(CC)CC(F)(F)C1.CCCCC#Cc1cnc(OC)c(N2CCOC3(COC3)C2C)c1.CCCCCC.[K+]. The van der Waals surface area contributed by atoms with E-state index < -0.39 is 11.5 Å². The third-order valence-corrected chi connectivity index (χ3v) is 9.86. The van der Waals surface area contributed by atoms with Crippen molar-refractivity contribution in [2.24, 2.45) is 10.4 Å². The fourth-order valence-corrected chi connectivity index (χ4v) is 6.34. The molecule has 1 aliphatic carbocycles. The maximum absolute atomic E-state index is 12.4. The van der Waals surface area contributed by atoms with Crippen molar-refractivity contribution in [1.82, 2.24) is 9.97 Å². The summed E-state index contributed by atoms with van der Waals surface area (Å²) in [5, 5.41) is 10.1. The number of aliphatic imine (C=N–C) groups is 1. The zero-order valence-electron chi connectivity index (χ0n) is 49.3. The summed E-state index contributed by atoms with van der Waals surface area (Å²) in [5.41, 5.74) is 4.91. The van der Waals surface area contributed by atoms with Crippen LogP contribution in [0.5, 0.6) is 5.88 Å². The number of allylic oxidation sites excluding steroid dienone is 1. The van der Waals surface area contributed by atoms with Crippen LogP contribution in [0.15, 0.2) is 54.3 Å². The first kappa shape index (κ1) is 77.0. The van der Waals surface area contributed by atoms with E-state index in [0.29, 0.717) is 25.7 Å². The normalized spacial score (nSPS) is 15.6. The van der Waals surface area contributed by atoms with E-state index >= 15 is 0 Å². The molecule has 1 N–H and O–H groups in total.